The normalized spacial score (nSPS) is 8.22. The first-order chi connectivity index (χ1) is 4.20. The number of hydrogen-bond acceptors (Lipinski definition) is 3. The third-order valence-corrected chi connectivity index (χ3v) is 0.665. The molecule has 0 aliphatic rings. The lowest BCUT2D eigenvalue weighted by atomic mass is 10.6. The van der Waals surface area contributed by atoms with Crippen molar-refractivity contribution in [3.63, 3.8) is 0 Å². The summed E-state index contributed by atoms with van der Waals surface area (Å²) in [7, 11) is 1.42. The van der Waals surface area contributed by atoms with E-state index in [9.17, 15) is 9.59 Å². The van der Waals surface area contributed by atoms with E-state index >= 15 is 0 Å². The first-order valence-electron chi connectivity index (χ1n) is 2.42. The molecule has 0 aromatic heterocycles. The molecule has 5 heteroatoms. The van der Waals surface area contributed by atoms with E-state index in [2.05, 4.69) is 5.32 Å². The Morgan fingerprint density at radius 3 is 2.44 bits per heavy atom. The lowest BCUT2D eigenvalue weighted by Crippen LogP contribution is -2.40. The molecule has 0 bridgehead atoms. The van der Waals surface area contributed by atoms with Gasteiger partial charge in [-0.3, -0.25) is 10.1 Å². The van der Waals surface area contributed by atoms with E-state index in [1.165, 1.54) is 7.05 Å². The molecule has 0 radical (unpaired) electrons. The summed E-state index contributed by atoms with van der Waals surface area (Å²) in [4.78, 5) is 20.6. The molecule has 52 valence electrons. The van der Waals surface area contributed by atoms with Gasteiger partial charge in [-0.15, -0.1) is 0 Å². The Morgan fingerprint density at radius 1 is 1.56 bits per heavy atom. The predicted octanol–water partition coefficient (Wildman–Crippen LogP) is -1.60. The Kier molecular flexibility index (Phi) is 3.38. The van der Waals surface area contributed by atoms with Gasteiger partial charge in [0.25, 0.3) is 0 Å². The van der Waals surface area contributed by atoms with Gasteiger partial charge in [0.1, 0.15) is 0 Å². The van der Waals surface area contributed by atoms with E-state index < -0.39 is 11.9 Å². The van der Waals surface area contributed by atoms with Gasteiger partial charge in [-0.25, -0.2) is 4.79 Å². The number of carbonyl (C=O) groups excluding carboxylic acids is 2. The maximum atomic E-state index is 10.3. The topological polar surface area (TPSA) is 84.2 Å². The fourth-order valence-electron chi connectivity index (χ4n) is 0.240. The Labute approximate surface area is 52.6 Å². The Bertz CT molecular complexity index is 109. The van der Waals surface area contributed by atoms with Crippen LogP contribution in [0.1, 0.15) is 0 Å². The molecule has 0 aliphatic heterocycles. The molecule has 0 unspecified atom stereocenters. The number of nitrogens with one attached hydrogen (secondary N) is 2. The zero-order valence-corrected chi connectivity index (χ0v) is 5.10. The molecule has 0 aliphatic carbocycles. The summed E-state index contributed by atoms with van der Waals surface area (Å²) in [6, 6.07) is -0.537. The van der Waals surface area contributed by atoms with E-state index in [1.807, 2.05) is 5.32 Å². The highest BCUT2D eigenvalue weighted by molar-refractivity contribution is 5.94. The Morgan fingerprint density at radius 2 is 2.11 bits per heavy atom. The standard InChI is InChI=1S/C4H9N3O2/c1-6-4(9)7-3(8)2-5/h2,5H2,1H3,(H2,6,7,8,9). The number of imide groups is 1. The highest BCUT2D eigenvalue weighted by atomic mass is 16.2. The third kappa shape index (κ3) is 3.48. The summed E-state index contributed by atoms with van der Waals surface area (Å²) in [6.45, 7) is -0.173. The molecular formula is C4H9N3O2. The minimum atomic E-state index is -0.537. The number of amides is 3. The van der Waals surface area contributed by atoms with E-state index in [0.29, 0.717) is 0 Å². The van der Waals surface area contributed by atoms with Gasteiger partial charge in [-0.05, 0) is 0 Å². The van der Waals surface area contributed by atoms with Crippen molar-refractivity contribution >= 4 is 11.9 Å². The molecular weight excluding hydrogens is 122 g/mol. The first-order valence-corrected chi connectivity index (χ1v) is 2.42. The minimum absolute atomic E-state index is 0.173. The van der Waals surface area contributed by atoms with Crippen LogP contribution in [0.15, 0.2) is 0 Å². The fourth-order valence-corrected chi connectivity index (χ4v) is 0.240. The van der Waals surface area contributed by atoms with Crippen molar-refractivity contribution in [3.05, 3.63) is 0 Å². The van der Waals surface area contributed by atoms with Gasteiger partial charge >= 0.3 is 6.03 Å². The zero-order valence-electron chi connectivity index (χ0n) is 5.10. The van der Waals surface area contributed by atoms with E-state index in [1.54, 1.807) is 0 Å². The van der Waals surface area contributed by atoms with Gasteiger partial charge in [0.05, 0.1) is 6.54 Å². The van der Waals surface area contributed by atoms with Gasteiger partial charge in [0, 0.05) is 7.05 Å². The van der Waals surface area contributed by atoms with Gasteiger partial charge in [-0.2, -0.15) is 0 Å². The van der Waals surface area contributed by atoms with Gasteiger partial charge < -0.3 is 11.1 Å². The third-order valence-electron chi connectivity index (χ3n) is 0.665. The van der Waals surface area contributed by atoms with Crippen LogP contribution in [0.3, 0.4) is 0 Å². The molecule has 4 N–H and O–H groups in total. The molecule has 3 amide bonds. The van der Waals surface area contributed by atoms with Crippen molar-refractivity contribution in [1.82, 2.24) is 10.6 Å². The van der Waals surface area contributed by atoms with Crippen LogP contribution < -0.4 is 16.4 Å². The van der Waals surface area contributed by atoms with Crippen molar-refractivity contribution in [1.29, 1.82) is 0 Å². The molecule has 0 spiro atoms. The van der Waals surface area contributed by atoms with E-state index in [0.717, 1.165) is 0 Å². The van der Waals surface area contributed by atoms with Crippen molar-refractivity contribution < 1.29 is 9.59 Å². The first kappa shape index (κ1) is 7.90. The smallest absolute Gasteiger partial charge is 0.321 e. The monoisotopic (exact) mass is 131 g/mol. The molecule has 0 aromatic rings. The Balaban J connectivity index is 3.47. The highest BCUT2D eigenvalue weighted by Gasteiger charge is 2.00. The average molecular weight is 131 g/mol. The number of nitrogens with two attached hydrogens (primary N) is 1. The quantitative estimate of drug-likeness (QED) is 0.400. The second-order valence-electron chi connectivity index (χ2n) is 1.33. The molecule has 5 nitrogen and oxygen atoms in total. The molecule has 0 aromatic carbocycles. The summed E-state index contributed by atoms with van der Waals surface area (Å²) in [6.07, 6.45) is 0. The van der Waals surface area contributed by atoms with E-state index in [-0.39, 0.29) is 6.54 Å². The summed E-state index contributed by atoms with van der Waals surface area (Å²) >= 11 is 0. The molecule has 0 heterocycles. The van der Waals surface area contributed by atoms with Gasteiger partial charge in [0.15, 0.2) is 0 Å². The average Bonchev–Trinajstić information content (AvgIpc) is 1.87. The number of hydrogen-bond donors (Lipinski definition) is 3. The molecule has 0 rings (SSSR count). The molecule has 0 fully saturated rings. The number of urea groups is 1. The molecule has 0 saturated heterocycles. The van der Waals surface area contributed by atoms with Crippen LogP contribution in [0.2, 0.25) is 0 Å². The van der Waals surface area contributed by atoms with Crippen molar-refractivity contribution in [2.75, 3.05) is 13.6 Å². The second kappa shape index (κ2) is 3.85. The highest BCUT2D eigenvalue weighted by Crippen LogP contribution is 1.60. The maximum absolute atomic E-state index is 10.3. The van der Waals surface area contributed by atoms with Crippen LogP contribution >= 0.6 is 0 Å². The van der Waals surface area contributed by atoms with Crippen LogP contribution in [-0.2, 0) is 4.79 Å². The van der Waals surface area contributed by atoms with Crippen LogP contribution in [0.25, 0.3) is 0 Å². The second-order valence-corrected chi connectivity index (χ2v) is 1.33. The summed E-state index contributed by atoms with van der Waals surface area (Å²) in [5.41, 5.74) is 4.88. The van der Waals surface area contributed by atoms with Crippen LogP contribution in [0, 0.1) is 0 Å². The molecule has 9 heavy (non-hydrogen) atoms. The zero-order chi connectivity index (χ0) is 7.28. The van der Waals surface area contributed by atoms with Gasteiger partial charge in [-0.1, -0.05) is 0 Å². The van der Waals surface area contributed by atoms with Crippen molar-refractivity contribution in [2.24, 2.45) is 5.73 Å². The summed E-state index contributed by atoms with van der Waals surface area (Å²) in [5.74, 6) is -0.491. The maximum Gasteiger partial charge on any atom is 0.321 e. The van der Waals surface area contributed by atoms with Crippen LogP contribution in [0.4, 0.5) is 4.79 Å². The SMILES string of the molecule is CNC(=O)NC(=O)CN. The predicted molar refractivity (Wildman–Crippen MR) is 31.7 cm³/mol. The lowest BCUT2D eigenvalue weighted by Gasteiger charge is -1.98. The van der Waals surface area contributed by atoms with Crippen LogP contribution in [-0.4, -0.2) is 25.5 Å². The van der Waals surface area contributed by atoms with Crippen molar-refractivity contribution in [3.8, 4) is 0 Å². The summed E-state index contributed by atoms with van der Waals surface area (Å²) < 4.78 is 0. The molecule has 0 atom stereocenters. The van der Waals surface area contributed by atoms with Crippen molar-refractivity contribution in [2.45, 2.75) is 0 Å². The minimum Gasteiger partial charge on any atom is -0.341 e. The largest absolute Gasteiger partial charge is 0.341 e. The number of carbonyl (C=O) groups is 2. The Hall–Kier alpha value is -1.10. The summed E-state index contributed by atoms with van der Waals surface area (Å²) in [5, 5.41) is 4.17. The fraction of sp³-hybridized carbons (Fsp3) is 0.500. The van der Waals surface area contributed by atoms with Crippen LogP contribution in [0.5, 0.6) is 0 Å². The molecule has 0 saturated carbocycles. The van der Waals surface area contributed by atoms with E-state index in [4.69, 9.17) is 5.73 Å². The van der Waals surface area contributed by atoms with Gasteiger partial charge in [0.2, 0.25) is 5.91 Å². The lowest BCUT2D eigenvalue weighted by molar-refractivity contribution is -0.118. The number of rotatable bonds is 1.